The van der Waals surface area contributed by atoms with Crippen molar-refractivity contribution in [2.24, 2.45) is 0 Å². The van der Waals surface area contributed by atoms with E-state index in [-0.39, 0.29) is 0 Å². The van der Waals surface area contributed by atoms with E-state index in [1.165, 1.54) is 47.9 Å². The van der Waals surface area contributed by atoms with Gasteiger partial charge >= 0.3 is 0 Å². The van der Waals surface area contributed by atoms with Crippen LogP contribution in [0.25, 0.3) is 0 Å². The maximum Gasteiger partial charge on any atom is 0.119 e. The van der Waals surface area contributed by atoms with Crippen LogP contribution in [0.15, 0.2) is 42.5 Å². The van der Waals surface area contributed by atoms with Crippen LogP contribution in [0.3, 0.4) is 0 Å². The van der Waals surface area contributed by atoms with Crippen LogP contribution in [0.1, 0.15) is 47.9 Å². The molecule has 0 spiro atoms. The van der Waals surface area contributed by atoms with Gasteiger partial charge in [-0.25, -0.2) is 0 Å². The minimum Gasteiger partial charge on any atom is -0.490 e. The van der Waals surface area contributed by atoms with E-state index in [1.54, 1.807) is 0 Å². The maximum absolute atomic E-state index is 6.09. The minimum absolute atomic E-state index is 0.442. The third-order valence-corrected chi connectivity index (χ3v) is 4.72. The topological polar surface area (TPSA) is 9.23 Å². The predicted octanol–water partition coefficient (Wildman–Crippen LogP) is 5.41. The zero-order chi connectivity index (χ0) is 15.4. The molecule has 3 rings (SSSR count). The molecule has 1 aliphatic carbocycles. The second-order valence-electron chi connectivity index (χ2n) is 6.60. The second-order valence-corrected chi connectivity index (χ2v) is 6.60. The van der Waals surface area contributed by atoms with E-state index in [4.69, 9.17) is 4.74 Å². The Morgan fingerprint density at radius 2 is 1.64 bits per heavy atom. The lowest BCUT2D eigenvalue weighted by molar-refractivity contribution is 0.210. The summed E-state index contributed by atoms with van der Waals surface area (Å²) in [4.78, 5) is 0. The highest BCUT2D eigenvalue weighted by atomic mass is 16.5. The Balaban J connectivity index is 1.60. The molecule has 0 heterocycles. The smallest absolute Gasteiger partial charge is 0.119 e. The standard InChI is InChI=1S/C21H26O/c1-16-7-9-18(10-8-16)11-12-19-13-14-21(15-17(19)2)22-20-5-3-4-6-20/h7-10,13-15,20H,3-6,11-12H2,1-2H3. The van der Waals surface area contributed by atoms with Crippen molar-refractivity contribution in [1.82, 2.24) is 0 Å². The monoisotopic (exact) mass is 294 g/mol. The molecule has 0 unspecified atom stereocenters. The van der Waals surface area contributed by atoms with Gasteiger partial charge in [0.15, 0.2) is 0 Å². The third-order valence-electron chi connectivity index (χ3n) is 4.72. The molecule has 0 atom stereocenters. The number of benzene rings is 2. The molecule has 0 saturated heterocycles. The van der Waals surface area contributed by atoms with Crippen molar-refractivity contribution in [3.05, 3.63) is 64.7 Å². The summed E-state index contributed by atoms with van der Waals surface area (Å²) >= 11 is 0. The van der Waals surface area contributed by atoms with Crippen LogP contribution in [0.5, 0.6) is 5.75 Å². The van der Waals surface area contributed by atoms with Crippen LogP contribution >= 0.6 is 0 Å². The van der Waals surface area contributed by atoms with E-state index in [0.29, 0.717) is 6.10 Å². The molecule has 1 aliphatic rings. The summed E-state index contributed by atoms with van der Waals surface area (Å²) in [5, 5.41) is 0. The maximum atomic E-state index is 6.09. The summed E-state index contributed by atoms with van der Waals surface area (Å²) in [5.74, 6) is 1.04. The van der Waals surface area contributed by atoms with Crippen molar-refractivity contribution in [2.75, 3.05) is 0 Å². The first-order chi connectivity index (χ1) is 10.7. The Morgan fingerprint density at radius 1 is 0.909 bits per heavy atom. The van der Waals surface area contributed by atoms with Crippen LogP contribution in [0, 0.1) is 13.8 Å². The van der Waals surface area contributed by atoms with Gasteiger partial charge in [0.1, 0.15) is 5.75 Å². The highest BCUT2D eigenvalue weighted by molar-refractivity contribution is 5.35. The Labute approximate surface area is 134 Å². The van der Waals surface area contributed by atoms with Gasteiger partial charge in [-0.1, -0.05) is 35.9 Å². The van der Waals surface area contributed by atoms with Gasteiger partial charge in [-0.15, -0.1) is 0 Å². The Kier molecular flexibility index (Phi) is 4.82. The number of aryl methyl sites for hydroxylation is 4. The van der Waals surface area contributed by atoms with Gasteiger partial charge in [0.25, 0.3) is 0 Å². The lowest BCUT2D eigenvalue weighted by Crippen LogP contribution is -2.11. The Bertz CT molecular complexity index is 606. The van der Waals surface area contributed by atoms with Crippen molar-refractivity contribution in [1.29, 1.82) is 0 Å². The van der Waals surface area contributed by atoms with Crippen molar-refractivity contribution >= 4 is 0 Å². The molecule has 2 aromatic rings. The SMILES string of the molecule is Cc1ccc(CCc2ccc(OC3CCCC3)cc2C)cc1. The molecule has 0 aliphatic heterocycles. The van der Waals surface area contributed by atoms with Crippen molar-refractivity contribution in [2.45, 2.75) is 58.5 Å². The highest BCUT2D eigenvalue weighted by Crippen LogP contribution is 2.26. The first kappa shape index (κ1) is 15.1. The lowest BCUT2D eigenvalue weighted by Gasteiger charge is -2.15. The zero-order valence-electron chi connectivity index (χ0n) is 13.8. The van der Waals surface area contributed by atoms with Crippen LogP contribution in [0.2, 0.25) is 0 Å². The second kappa shape index (κ2) is 7.00. The molecule has 0 bridgehead atoms. The van der Waals surface area contributed by atoms with Crippen molar-refractivity contribution in [3.63, 3.8) is 0 Å². The molecule has 0 amide bonds. The van der Waals surface area contributed by atoms with Gasteiger partial charge in [-0.2, -0.15) is 0 Å². The fourth-order valence-electron chi connectivity index (χ4n) is 3.25. The molecule has 1 fully saturated rings. The van der Waals surface area contributed by atoms with Gasteiger partial charge in [0.2, 0.25) is 0 Å². The molecule has 0 radical (unpaired) electrons. The van der Waals surface area contributed by atoms with Gasteiger partial charge < -0.3 is 4.74 Å². The number of hydrogen-bond donors (Lipinski definition) is 0. The first-order valence-electron chi connectivity index (χ1n) is 8.52. The third kappa shape index (κ3) is 3.91. The molecular formula is C21H26O. The summed E-state index contributed by atoms with van der Waals surface area (Å²) in [7, 11) is 0. The molecule has 1 saturated carbocycles. The molecule has 22 heavy (non-hydrogen) atoms. The molecule has 0 N–H and O–H groups in total. The molecular weight excluding hydrogens is 268 g/mol. The molecule has 116 valence electrons. The largest absolute Gasteiger partial charge is 0.490 e. The minimum atomic E-state index is 0.442. The van der Waals surface area contributed by atoms with E-state index < -0.39 is 0 Å². The van der Waals surface area contributed by atoms with E-state index >= 15 is 0 Å². The first-order valence-corrected chi connectivity index (χ1v) is 8.52. The molecule has 2 aromatic carbocycles. The van der Waals surface area contributed by atoms with Crippen LogP contribution in [0.4, 0.5) is 0 Å². The Morgan fingerprint density at radius 3 is 2.32 bits per heavy atom. The van der Waals surface area contributed by atoms with E-state index in [2.05, 4.69) is 56.3 Å². The summed E-state index contributed by atoms with van der Waals surface area (Å²) in [5.41, 5.74) is 5.52. The van der Waals surface area contributed by atoms with Gasteiger partial charge in [-0.05, 0) is 81.2 Å². The predicted molar refractivity (Wildman–Crippen MR) is 92.7 cm³/mol. The van der Waals surface area contributed by atoms with E-state index in [0.717, 1.165) is 18.6 Å². The summed E-state index contributed by atoms with van der Waals surface area (Å²) in [6.07, 6.45) is 7.71. The van der Waals surface area contributed by atoms with Gasteiger partial charge in [0, 0.05) is 0 Å². The van der Waals surface area contributed by atoms with Crippen LogP contribution in [-0.4, -0.2) is 6.10 Å². The highest BCUT2D eigenvalue weighted by Gasteiger charge is 2.16. The van der Waals surface area contributed by atoms with Crippen LogP contribution < -0.4 is 4.74 Å². The average Bonchev–Trinajstić information content (AvgIpc) is 3.01. The molecule has 0 aromatic heterocycles. The summed E-state index contributed by atoms with van der Waals surface area (Å²) in [6.45, 7) is 4.34. The van der Waals surface area contributed by atoms with Gasteiger partial charge in [0.05, 0.1) is 6.10 Å². The van der Waals surface area contributed by atoms with Gasteiger partial charge in [-0.3, -0.25) is 0 Å². The summed E-state index contributed by atoms with van der Waals surface area (Å²) in [6, 6.07) is 15.5. The van der Waals surface area contributed by atoms with Crippen molar-refractivity contribution in [3.8, 4) is 5.75 Å². The number of hydrogen-bond acceptors (Lipinski definition) is 1. The molecule has 1 heteroatoms. The quantitative estimate of drug-likeness (QED) is 0.716. The lowest BCUT2D eigenvalue weighted by atomic mass is 10.00. The van der Waals surface area contributed by atoms with Crippen LogP contribution in [-0.2, 0) is 12.8 Å². The van der Waals surface area contributed by atoms with Crippen molar-refractivity contribution < 1.29 is 4.74 Å². The fourth-order valence-corrected chi connectivity index (χ4v) is 3.25. The normalized spacial score (nSPS) is 15.2. The van der Waals surface area contributed by atoms with E-state index in [9.17, 15) is 0 Å². The Hall–Kier alpha value is -1.76. The number of ether oxygens (including phenoxy) is 1. The fraction of sp³-hybridized carbons (Fsp3) is 0.429. The summed E-state index contributed by atoms with van der Waals surface area (Å²) < 4.78 is 6.09. The number of rotatable bonds is 5. The zero-order valence-corrected chi connectivity index (χ0v) is 13.8. The molecule has 1 nitrogen and oxygen atoms in total. The average molecular weight is 294 g/mol. The van der Waals surface area contributed by atoms with E-state index in [1.807, 2.05) is 0 Å².